The molecule has 0 aliphatic carbocycles. The molecule has 10 heteroatoms. The van der Waals surface area contributed by atoms with Crippen LogP contribution in [-0.4, -0.2) is 50.0 Å². The topological polar surface area (TPSA) is 86.8 Å². The highest BCUT2D eigenvalue weighted by atomic mass is 35.5. The van der Waals surface area contributed by atoms with Crippen LogP contribution >= 0.6 is 11.6 Å². The summed E-state index contributed by atoms with van der Waals surface area (Å²) < 4.78 is 41.2. The fourth-order valence-corrected chi connectivity index (χ4v) is 5.08. The minimum Gasteiger partial charge on any atom is -0.352 e. The van der Waals surface area contributed by atoms with E-state index in [9.17, 15) is 22.4 Å². The summed E-state index contributed by atoms with van der Waals surface area (Å²) in [5, 5.41) is 3.23. The third kappa shape index (κ3) is 8.53. The third-order valence-electron chi connectivity index (χ3n) is 6.35. The second-order valence-electron chi connectivity index (χ2n) is 9.39. The molecule has 0 aliphatic heterocycles. The van der Waals surface area contributed by atoms with E-state index in [1.807, 2.05) is 44.2 Å². The lowest BCUT2D eigenvalue weighted by molar-refractivity contribution is -0.140. The predicted molar refractivity (Wildman–Crippen MR) is 152 cm³/mol. The van der Waals surface area contributed by atoms with Crippen molar-refractivity contribution >= 4 is 39.1 Å². The fraction of sp³-hybridized carbons (Fsp3) is 0.310. The molecule has 0 saturated carbocycles. The first kappa shape index (κ1) is 30.1. The molecule has 3 rings (SSSR count). The van der Waals surface area contributed by atoms with E-state index in [1.54, 1.807) is 18.2 Å². The van der Waals surface area contributed by atoms with E-state index >= 15 is 0 Å². The lowest BCUT2D eigenvalue weighted by atomic mass is 10.0. The Morgan fingerprint density at radius 1 is 1.00 bits per heavy atom. The van der Waals surface area contributed by atoms with Crippen molar-refractivity contribution in [3.63, 3.8) is 0 Å². The summed E-state index contributed by atoms with van der Waals surface area (Å²) in [6.45, 7) is 2.94. The minimum atomic E-state index is -3.92. The maximum Gasteiger partial charge on any atom is 0.244 e. The van der Waals surface area contributed by atoms with Gasteiger partial charge >= 0.3 is 0 Å². The third-order valence-corrected chi connectivity index (χ3v) is 7.72. The molecule has 0 aromatic heterocycles. The Morgan fingerprint density at radius 2 is 1.67 bits per heavy atom. The van der Waals surface area contributed by atoms with Crippen LogP contribution in [0.25, 0.3) is 0 Å². The van der Waals surface area contributed by atoms with Crippen molar-refractivity contribution in [3.05, 3.63) is 101 Å². The standard InChI is InChI=1S/C29H33ClFN3O4S/c1-4-21(2)32-29(36)27(17-22-11-6-5-7-12-22)33(19-23-13-8-9-16-26(23)31)28(35)20-34(39(3,37)38)25-15-10-14-24(30)18-25/h5-16,18,21,27H,4,17,19-20H2,1-3H3,(H,32,36)/t21-,27-/m0/s1. The summed E-state index contributed by atoms with van der Waals surface area (Å²) in [7, 11) is -3.92. The highest BCUT2D eigenvalue weighted by Gasteiger charge is 2.33. The number of rotatable bonds is 12. The van der Waals surface area contributed by atoms with Gasteiger partial charge in [0.25, 0.3) is 0 Å². The molecule has 0 spiro atoms. The summed E-state index contributed by atoms with van der Waals surface area (Å²) in [6, 6.07) is 20.1. The molecule has 0 saturated heterocycles. The fourth-order valence-electron chi connectivity index (χ4n) is 4.05. The van der Waals surface area contributed by atoms with Crippen LogP contribution in [0.5, 0.6) is 0 Å². The number of hydrogen-bond donors (Lipinski definition) is 1. The van der Waals surface area contributed by atoms with E-state index in [0.29, 0.717) is 11.4 Å². The largest absolute Gasteiger partial charge is 0.352 e. The highest BCUT2D eigenvalue weighted by Crippen LogP contribution is 2.23. The molecule has 39 heavy (non-hydrogen) atoms. The van der Waals surface area contributed by atoms with Gasteiger partial charge in [0.1, 0.15) is 18.4 Å². The molecule has 208 valence electrons. The van der Waals surface area contributed by atoms with Crippen LogP contribution in [0.3, 0.4) is 0 Å². The van der Waals surface area contributed by atoms with E-state index in [4.69, 9.17) is 11.6 Å². The van der Waals surface area contributed by atoms with Crippen molar-refractivity contribution in [1.82, 2.24) is 10.2 Å². The summed E-state index contributed by atoms with van der Waals surface area (Å²) in [5.41, 5.74) is 1.20. The Kier molecular flexibility index (Phi) is 10.5. The second kappa shape index (κ2) is 13.6. The quantitative estimate of drug-likeness (QED) is 0.337. The Morgan fingerprint density at radius 3 is 2.28 bits per heavy atom. The Labute approximate surface area is 234 Å². The second-order valence-corrected chi connectivity index (χ2v) is 11.7. The maximum atomic E-state index is 14.8. The molecular formula is C29H33ClFN3O4S. The summed E-state index contributed by atoms with van der Waals surface area (Å²) in [6.07, 6.45) is 1.81. The molecule has 0 unspecified atom stereocenters. The normalized spacial score (nSPS) is 12.8. The molecule has 0 radical (unpaired) electrons. The number of hydrogen-bond acceptors (Lipinski definition) is 4. The van der Waals surface area contributed by atoms with Gasteiger partial charge in [0.2, 0.25) is 21.8 Å². The molecule has 0 fully saturated rings. The molecule has 3 aromatic carbocycles. The number of sulfonamides is 1. The van der Waals surface area contributed by atoms with Gasteiger partial charge in [-0.3, -0.25) is 13.9 Å². The molecule has 3 aromatic rings. The number of nitrogens with one attached hydrogen (secondary N) is 1. The number of carbonyl (C=O) groups is 2. The number of halogens is 2. The average molecular weight is 574 g/mol. The van der Waals surface area contributed by atoms with Crippen LogP contribution in [0.2, 0.25) is 5.02 Å². The van der Waals surface area contributed by atoms with Crippen LogP contribution < -0.4 is 9.62 Å². The van der Waals surface area contributed by atoms with Gasteiger partial charge in [0.15, 0.2) is 0 Å². The van der Waals surface area contributed by atoms with Gasteiger partial charge in [-0.1, -0.05) is 73.1 Å². The van der Waals surface area contributed by atoms with Crippen molar-refractivity contribution < 1.29 is 22.4 Å². The maximum absolute atomic E-state index is 14.8. The predicted octanol–water partition coefficient (Wildman–Crippen LogP) is 4.80. The lowest BCUT2D eigenvalue weighted by Gasteiger charge is -2.34. The van der Waals surface area contributed by atoms with Crippen LogP contribution in [-0.2, 0) is 32.6 Å². The Balaban J connectivity index is 2.07. The van der Waals surface area contributed by atoms with Gasteiger partial charge in [-0.25, -0.2) is 12.8 Å². The zero-order valence-electron chi connectivity index (χ0n) is 22.2. The molecule has 2 atom stereocenters. The van der Waals surface area contributed by atoms with Crippen molar-refractivity contribution in [1.29, 1.82) is 0 Å². The number of anilines is 1. The van der Waals surface area contributed by atoms with Crippen LogP contribution in [0.15, 0.2) is 78.9 Å². The van der Waals surface area contributed by atoms with Gasteiger partial charge < -0.3 is 10.2 Å². The van der Waals surface area contributed by atoms with Crippen molar-refractivity contribution in [2.75, 3.05) is 17.1 Å². The molecule has 7 nitrogen and oxygen atoms in total. The van der Waals surface area contributed by atoms with Crippen LogP contribution in [0.4, 0.5) is 10.1 Å². The number of amides is 2. The van der Waals surface area contributed by atoms with Crippen molar-refractivity contribution in [3.8, 4) is 0 Å². The van der Waals surface area contributed by atoms with Gasteiger partial charge in [-0.05, 0) is 43.2 Å². The van der Waals surface area contributed by atoms with E-state index in [2.05, 4.69) is 5.32 Å². The lowest BCUT2D eigenvalue weighted by Crippen LogP contribution is -2.54. The van der Waals surface area contributed by atoms with E-state index in [0.717, 1.165) is 16.1 Å². The Hall–Kier alpha value is -3.43. The first-order valence-corrected chi connectivity index (χ1v) is 14.8. The molecular weight excluding hydrogens is 541 g/mol. The van der Waals surface area contributed by atoms with Gasteiger partial charge in [0.05, 0.1) is 11.9 Å². The summed E-state index contributed by atoms with van der Waals surface area (Å²) >= 11 is 6.10. The molecule has 0 heterocycles. The summed E-state index contributed by atoms with van der Waals surface area (Å²) in [5.74, 6) is -1.61. The average Bonchev–Trinajstić information content (AvgIpc) is 2.89. The van der Waals surface area contributed by atoms with Crippen LogP contribution in [0.1, 0.15) is 31.4 Å². The number of benzene rings is 3. The van der Waals surface area contributed by atoms with Gasteiger partial charge in [-0.2, -0.15) is 0 Å². The molecule has 1 N–H and O–H groups in total. The van der Waals surface area contributed by atoms with E-state index < -0.39 is 40.2 Å². The zero-order valence-corrected chi connectivity index (χ0v) is 23.8. The van der Waals surface area contributed by atoms with Gasteiger partial charge in [0, 0.05) is 29.6 Å². The Bertz CT molecular complexity index is 1390. The molecule has 2 amide bonds. The first-order chi connectivity index (χ1) is 18.5. The van der Waals surface area contributed by atoms with Crippen LogP contribution in [0, 0.1) is 5.82 Å². The van der Waals surface area contributed by atoms with Gasteiger partial charge in [-0.15, -0.1) is 0 Å². The smallest absolute Gasteiger partial charge is 0.244 e. The first-order valence-electron chi connectivity index (χ1n) is 12.6. The summed E-state index contributed by atoms with van der Waals surface area (Å²) in [4.78, 5) is 28.8. The SMILES string of the molecule is CC[C@H](C)NC(=O)[C@H](Cc1ccccc1)N(Cc1ccccc1F)C(=O)CN(c1cccc(Cl)c1)S(C)(=O)=O. The monoisotopic (exact) mass is 573 g/mol. The highest BCUT2D eigenvalue weighted by molar-refractivity contribution is 7.92. The minimum absolute atomic E-state index is 0.152. The van der Waals surface area contributed by atoms with E-state index in [1.165, 1.54) is 35.2 Å². The zero-order chi connectivity index (χ0) is 28.6. The number of carbonyl (C=O) groups excluding carboxylic acids is 2. The van der Waals surface area contributed by atoms with Crippen molar-refractivity contribution in [2.24, 2.45) is 0 Å². The van der Waals surface area contributed by atoms with Crippen molar-refractivity contribution in [2.45, 2.75) is 45.3 Å². The molecule has 0 bridgehead atoms. The van der Waals surface area contributed by atoms with E-state index in [-0.39, 0.29) is 30.3 Å². The number of nitrogens with zero attached hydrogens (tertiary/aromatic N) is 2. The molecule has 0 aliphatic rings.